The molecule has 0 saturated carbocycles. The monoisotopic (exact) mass is 411 g/mol. The predicted molar refractivity (Wildman–Crippen MR) is 113 cm³/mol. The molecule has 2 fully saturated rings. The van der Waals surface area contributed by atoms with Gasteiger partial charge in [0, 0.05) is 41.6 Å². The molecule has 2 aromatic carbocycles. The number of hydrogen-bond donors (Lipinski definition) is 1. The summed E-state index contributed by atoms with van der Waals surface area (Å²) >= 11 is 6.07. The van der Waals surface area contributed by atoms with Gasteiger partial charge in [0.25, 0.3) is 5.91 Å². The topological polar surface area (TPSA) is 39.3 Å². The van der Waals surface area contributed by atoms with Gasteiger partial charge in [-0.1, -0.05) is 23.7 Å². The summed E-state index contributed by atoms with van der Waals surface area (Å²) in [5.74, 6) is 0.336. The molecule has 2 aliphatic rings. The fraction of sp³-hybridized carbons (Fsp3) is 0.348. The standard InChI is InChI=1S/C23H23ClFN3O/c24-18-5-8-20-17(10-18)11-21(26-20)23(29)28-13-16-2-1-9-27(22(16)14-28)12-15-3-6-19(25)7-4-15/h3-8,10-11,16,22,26H,1-2,9,12-14H2. The molecule has 3 aromatic rings. The van der Waals surface area contributed by atoms with Crippen LogP contribution in [0.4, 0.5) is 4.39 Å². The second kappa shape index (κ2) is 7.47. The minimum Gasteiger partial charge on any atom is -0.351 e. The van der Waals surface area contributed by atoms with Crippen LogP contribution in [0.1, 0.15) is 28.9 Å². The third-order valence-electron chi connectivity index (χ3n) is 6.30. The number of amides is 1. The number of fused-ring (bicyclic) bond motifs is 2. The molecule has 3 heterocycles. The fourth-order valence-corrected chi connectivity index (χ4v) is 5.03. The number of hydrogen-bond acceptors (Lipinski definition) is 2. The number of carbonyl (C=O) groups is 1. The lowest BCUT2D eigenvalue weighted by atomic mass is 9.91. The molecule has 0 aliphatic carbocycles. The first-order valence-corrected chi connectivity index (χ1v) is 10.5. The van der Waals surface area contributed by atoms with Crippen molar-refractivity contribution in [2.45, 2.75) is 25.4 Å². The molecular formula is C23H23ClFN3O. The van der Waals surface area contributed by atoms with E-state index in [0.717, 1.165) is 55.5 Å². The molecule has 2 aliphatic heterocycles. The molecule has 5 rings (SSSR count). The molecule has 2 saturated heterocycles. The Morgan fingerprint density at radius 1 is 1.14 bits per heavy atom. The number of nitrogens with one attached hydrogen (secondary N) is 1. The molecule has 0 bridgehead atoms. The number of aromatic nitrogens is 1. The number of rotatable bonds is 3. The molecule has 1 amide bonds. The highest BCUT2D eigenvalue weighted by Crippen LogP contribution is 2.33. The van der Waals surface area contributed by atoms with E-state index in [1.807, 2.05) is 41.3 Å². The van der Waals surface area contributed by atoms with Crippen molar-refractivity contribution in [1.29, 1.82) is 0 Å². The van der Waals surface area contributed by atoms with Crippen molar-refractivity contribution >= 4 is 28.4 Å². The molecule has 2 atom stereocenters. The summed E-state index contributed by atoms with van der Waals surface area (Å²) in [5, 5.41) is 1.62. The van der Waals surface area contributed by atoms with Crippen molar-refractivity contribution in [2.24, 2.45) is 5.92 Å². The van der Waals surface area contributed by atoms with E-state index in [1.54, 1.807) is 0 Å². The van der Waals surface area contributed by atoms with E-state index in [4.69, 9.17) is 11.6 Å². The number of halogens is 2. The number of H-pyrrole nitrogens is 1. The Labute approximate surface area is 174 Å². The van der Waals surface area contributed by atoms with Crippen LogP contribution in [0.25, 0.3) is 10.9 Å². The Kier molecular flexibility index (Phi) is 4.80. The summed E-state index contributed by atoms with van der Waals surface area (Å²) in [4.78, 5) is 20.8. The maximum absolute atomic E-state index is 13.2. The molecule has 150 valence electrons. The minimum atomic E-state index is -0.206. The van der Waals surface area contributed by atoms with Gasteiger partial charge in [-0.15, -0.1) is 0 Å². The van der Waals surface area contributed by atoms with Crippen molar-refractivity contribution < 1.29 is 9.18 Å². The third-order valence-corrected chi connectivity index (χ3v) is 6.53. The number of nitrogens with zero attached hydrogens (tertiary/aromatic N) is 2. The zero-order valence-electron chi connectivity index (χ0n) is 16.1. The Bertz CT molecular complexity index is 1050. The van der Waals surface area contributed by atoms with Crippen LogP contribution in [0, 0.1) is 11.7 Å². The molecule has 1 N–H and O–H groups in total. The smallest absolute Gasteiger partial charge is 0.270 e. The van der Waals surface area contributed by atoms with Crippen molar-refractivity contribution in [3.05, 3.63) is 70.6 Å². The fourth-order valence-electron chi connectivity index (χ4n) is 4.85. The summed E-state index contributed by atoms with van der Waals surface area (Å²) in [6, 6.07) is 14.6. The highest BCUT2D eigenvalue weighted by molar-refractivity contribution is 6.31. The number of carbonyl (C=O) groups excluding carboxylic acids is 1. The van der Waals surface area contributed by atoms with Gasteiger partial charge in [0.05, 0.1) is 0 Å². The van der Waals surface area contributed by atoms with E-state index in [2.05, 4.69) is 9.88 Å². The Morgan fingerprint density at radius 2 is 1.97 bits per heavy atom. The van der Waals surface area contributed by atoms with Gasteiger partial charge >= 0.3 is 0 Å². The lowest BCUT2D eigenvalue weighted by molar-refractivity contribution is 0.0769. The van der Waals surface area contributed by atoms with Gasteiger partial charge in [-0.2, -0.15) is 0 Å². The summed E-state index contributed by atoms with van der Waals surface area (Å²) in [5.41, 5.74) is 2.66. The van der Waals surface area contributed by atoms with Crippen LogP contribution in [0.5, 0.6) is 0 Å². The maximum Gasteiger partial charge on any atom is 0.270 e. The SMILES string of the molecule is O=C(c1cc2cc(Cl)ccc2[nH]1)N1CC2CCCN(Cc3ccc(F)cc3)C2C1. The van der Waals surface area contributed by atoms with E-state index < -0.39 is 0 Å². The lowest BCUT2D eigenvalue weighted by Crippen LogP contribution is -2.44. The first-order chi connectivity index (χ1) is 14.1. The quantitative estimate of drug-likeness (QED) is 0.678. The number of aromatic amines is 1. The van der Waals surface area contributed by atoms with Gasteiger partial charge in [0.15, 0.2) is 0 Å². The number of likely N-dealkylation sites (tertiary alicyclic amines) is 2. The highest BCUT2D eigenvalue weighted by Gasteiger charge is 2.41. The highest BCUT2D eigenvalue weighted by atomic mass is 35.5. The summed E-state index contributed by atoms with van der Waals surface area (Å²) in [6.07, 6.45) is 2.28. The predicted octanol–water partition coefficient (Wildman–Crippen LogP) is 4.70. The van der Waals surface area contributed by atoms with Crippen LogP contribution in [0.2, 0.25) is 5.02 Å². The molecule has 0 spiro atoms. The lowest BCUT2D eigenvalue weighted by Gasteiger charge is -2.36. The van der Waals surface area contributed by atoms with Crippen LogP contribution < -0.4 is 0 Å². The Morgan fingerprint density at radius 3 is 2.79 bits per heavy atom. The van der Waals surface area contributed by atoms with Gasteiger partial charge in [-0.25, -0.2) is 4.39 Å². The van der Waals surface area contributed by atoms with E-state index in [9.17, 15) is 9.18 Å². The van der Waals surface area contributed by atoms with Crippen LogP contribution in [-0.2, 0) is 6.54 Å². The van der Waals surface area contributed by atoms with Gasteiger partial charge in [-0.05, 0) is 67.3 Å². The van der Waals surface area contributed by atoms with Crippen LogP contribution >= 0.6 is 11.6 Å². The molecule has 6 heteroatoms. The average Bonchev–Trinajstić information content (AvgIpc) is 3.33. The van der Waals surface area contributed by atoms with Crippen molar-refractivity contribution in [3.63, 3.8) is 0 Å². The van der Waals surface area contributed by atoms with E-state index in [0.29, 0.717) is 22.7 Å². The molecular weight excluding hydrogens is 389 g/mol. The van der Waals surface area contributed by atoms with Crippen molar-refractivity contribution in [2.75, 3.05) is 19.6 Å². The Balaban J connectivity index is 1.32. The van der Waals surface area contributed by atoms with Gasteiger partial charge in [0.1, 0.15) is 11.5 Å². The van der Waals surface area contributed by atoms with Crippen molar-refractivity contribution in [1.82, 2.24) is 14.8 Å². The second-order valence-corrected chi connectivity index (χ2v) is 8.63. The normalized spacial score (nSPS) is 22.2. The maximum atomic E-state index is 13.2. The van der Waals surface area contributed by atoms with Gasteiger partial charge in [-0.3, -0.25) is 9.69 Å². The molecule has 4 nitrogen and oxygen atoms in total. The van der Waals surface area contributed by atoms with E-state index in [-0.39, 0.29) is 11.7 Å². The number of benzene rings is 2. The summed E-state index contributed by atoms with van der Waals surface area (Å²) in [6.45, 7) is 3.35. The van der Waals surface area contributed by atoms with Crippen LogP contribution in [0.15, 0.2) is 48.5 Å². The van der Waals surface area contributed by atoms with Gasteiger partial charge < -0.3 is 9.88 Å². The largest absolute Gasteiger partial charge is 0.351 e. The molecule has 29 heavy (non-hydrogen) atoms. The minimum absolute atomic E-state index is 0.0495. The number of piperidine rings is 1. The Hall–Kier alpha value is -2.37. The zero-order valence-corrected chi connectivity index (χ0v) is 16.8. The molecule has 1 aromatic heterocycles. The molecule has 2 unspecified atom stereocenters. The zero-order chi connectivity index (χ0) is 20.0. The summed E-state index contributed by atoms with van der Waals surface area (Å²) < 4.78 is 13.2. The van der Waals surface area contributed by atoms with E-state index >= 15 is 0 Å². The molecule has 0 radical (unpaired) electrons. The first-order valence-electron chi connectivity index (χ1n) is 10.1. The van der Waals surface area contributed by atoms with Crippen LogP contribution in [-0.4, -0.2) is 46.4 Å². The average molecular weight is 412 g/mol. The van der Waals surface area contributed by atoms with Gasteiger partial charge in [0.2, 0.25) is 0 Å². The third kappa shape index (κ3) is 3.65. The van der Waals surface area contributed by atoms with Crippen molar-refractivity contribution in [3.8, 4) is 0 Å². The van der Waals surface area contributed by atoms with E-state index in [1.165, 1.54) is 12.1 Å². The first kappa shape index (κ1) is 18.6. The van der Waals surface area contributed by atoms with Crippen LogP contribution in [0.3, 0.4) is 0 Å². The second-order valence-electron chi connectivity index (χ2n) is 8.19. The summed E-state index contributed by atoms with van der Waals surface area (Å²) in [7, 11) is 0.